The van der Waals surface area contributed by atoms with E-state index in [1.54, 1.807) is 0 Å². The van der Waals surface area contributed by atoms with Gasteiger partial charge < -0.3 is 9.47 Å². The first kappa shape index (κ1) is 18.5. The van der Waals surface area contributed by atoms with Crippen molar-refractivity contribution in [2.45, 2.75) is 45.1 Å². The summed E-state index contributed by atoms with van der Waals surface area (Å²) in [5.41, 5.74) is 3.42. The summed E-state index contributed by atoms with van der Waals surface area (Å²) in [6.07, 6.45) is 7.66. The zero-order valence-electron chi connectivity index (χ0n) is 15.9. The minimum absolute atomic E-state index is 0.777. The van der Waals surface area contributed by atoms with Gasteiger partial charge in [0.25, 0.3) is 0 Å². The first-order valence-corrected chi connectivity index (χ1v) is 10.6. The Kier molecular flexibility index (Phi) is 6.10. The molecule has 1 aliphatic heterocycles. The van der Waals surface area contributed by atoms with E-state index in [4.69, 9.17) is 16.6 Å². The fourth-order valence-corrected chi connectivity index (χ4v) is 4.31. The van der Waals surface area contributed by atoms with E-state index in [-0.39, 0.29) is 0 Å². The summed E-state index contributed by atoms with van der Waals surface area (Å²) in [5, 5.41) is 0.825. The Morgan fingerprint density at radius 3 is 2.44 bits per heavy atom. The Hall–Kier alpha value is -1.84. The molecule has 1 fully saturated rings. The molecular weight excluding hydrogens is 354 g/mol. The first-order chi connectivity index (χ1) is 13.3. The van der Waals surface area contributed by atoms with Crippen molar-refractivity contribution >= 4 is 22.6 Å². The third-order valence-corrected chi connectivity index (χ3v) is 5.96. The molecule has 0 N–H and O–H groups in total. The van der Waals surface area contributed by atoms with Gasteiger partial charge in [0, 0.05) is 11.4 Å². The van der Waals surface area contributed by atoms with Crippen molar-refractivity contribution < 1.29 is 0 Å². The van der Waals surface area contributed by atoms with E-state index in [9.17, 15) is 0 Å². The molecule has 0 amide bonds. The molecule has 4 rings (SSSR count). The Morgan fingerprint density at radius 1 is 0.889 bits per heavy atom. The average molecular weight is 382 g/mol. The zero-order valence-corrected chi connectivity index (χ0v) is 16.7. The van der Waals surface area contributed by atoms with Gasteiger partial charge in [-0.1, -0.05) is 54.8 Å². The number of likely N-dealkylation sites (tertiary alicyclic amines) is 1. The highest BCUT2D eigenvalue weighted by atomic mass is 35.5. The van der Waals surface area contributed by atoms with E-state index in [1.807, 2.05) is 12.1 Å². The molecule has 2 heterocycles. The van der Waals surface area contributed by atoms with Crippen LogP contribution < -0.4 is 0 Å². The summed E-state index contributed by atoms with van der Waals surface area (Å²) >= 11 is 6.43. The van der Waals surface area contributed by atoms with Crippen LogP contribution in [0.4, 0.5) is 0 Å². The van der Waals surface area contributed by atoms with Crippen molar-refractivity contribution in [3.8, 4) is 0 Å². The average Bonchev–Trinajstić information content (AvgIpc) is 2.84. The number of rotatable bonds is 6. The van der Waals surface area contributed by atoms with Gasteiger partial charge in [0.05, 0.1) is 17.6 Å². The Labute approximate surface area is 167 Å². The molecule has 142 valence electrons. The van der Waals surface area contributed by atoms with Crippen LogP contribution in [0.2, 0.25) is 5.02 Å². The molecule has 0 atom stereocenters. The molecule has 27 heavy (non-hydrogen) atoms. The van der Waals surface area contributed by atoms with Crippen LogP contribution in [0.3, 0.4) is 0 Å². The second-order valence-corrected chi connectivity index (χ2v) is 7.96. The van der Waals surface area contributed by atoms with Crippen molar-refractivity contribution in [1.82, 2.24) is 14.5 Å². The van der Waals surface area contributed by atoms with Gasteiger partial charge in [-0.25, -0.2) is 4.98 Å². The van der Waals surface area contributed by atoms with Gasteiger partial charge in [-0.3, -0.25) is 0 Å². The van der Waals surface area contributed by atoms with Crippen LogP contribution in [0.15, 0.2) is 48.5 Å². The van der Waals surface area contributed by atoms with Gasteiger partial charge >= 0.3 is 0 Å². The molecule has 1 aliphatic rings. The van der Waals surface area contributed by atoms with Gasteiger partial charge in [-0.05, 0) is 62.7 Å². The number of halogens is 1. The van der Waals surface area contributed by atoms with Gasteiger partial charge in [0.15, 0.2) is 0 Å². The number of hydrogen-bond acceptors (Lipinski definition) is 2. The maximum absolute atomic E-state index is 6.43. The lowest BCUT2D eigenvalue weighted by Crippen LogP contribution is -2.26. The smallest absolute Gasteiger partial charge is 0.110 e. The van der Waals surface area contributed by atoms with Crippen molar-refractivity contribution in [2.75, 3.05) is 19.6 Å². The van der Waals surface area contributed by atoms with E-state index in [2.05, 4.69) is 45.9 Å². The minimum atomic E-state index is 0.777. The second kappa shape index (κ2) is 8.90. The van der Waals surface area contributed by atoms with Crippen LogP contribution in [0.5, 0.6) is 0 Å². The van der Waals surface area contributed by atoms with Gasteiger partial charge in [0.2, 0.25) is 0 Å². The zero-order chi connectivity index (χ0) is 18.5. The number of aryl methyl sites for hydroxylation is 1. The van der Waals surface area contributed by atoms with Crippen molar-refractivity contribution in [3.05, 3.63) is 64.9 Å². The Bertz CT molecular complexity index is 878. The van der Waals surface area contributed by atoms with Gasteiger partial charge in [-0.15, -0.1) is 0 Å². The fraction of sp³-hybridized carbons (Fsp3) is 0.435. The van der Waals surface area contributed by atoms with Crippen molar-refractivity contribution in [1.29, 1.82) is 0 Å². The molecule has 0 bridgehead atoms. The lowest BCUT2D eigenvalue weighted by molar-refractivity contribution is 0.280. The highest BCUT2D eigenvalue weighted by Gasteiger charge is 2.13. The maximum atomic E-state index is 6.43. The van der Waals surface area contributed by atoms with Crippen LogP contribution in [0.1, 0.15) is 43.5 Å². The SMILES string of the molecule is Clc1ccccc1Cn1c(CCCN2CCCCCC2)nc2ccccc21. The predicted octanol–water partition coefficient (Wildman–Crippen LogP) is 5.55. The van der Waals surface area contributed by atoms with Crippen LogP contribution >= 0.6 is 11.6 Å². The van der Waals surface area contributed by atoms with Crippen molar-refractivity contribution in [2.24, 2.45) is 0 Å². The van der Waals surface area contributed by atoms with Crippen LogP contribution in [-0.2, 0) is 13.0 Å². The number of fused-ring (bicyclic) bond motifs is 1. The fourth-order valence-electron chi connectivity index (χ4n) is 4.11. The quantitative estimate of drug-likeness (QED) is 0.558. The van der Waals surface area contributed by atoms with E-state index >= 15 is 0 Å². The number of hydrogen-bond donors (Lipinski definition) is 0. The molecule has 0 saturated carbocycles. The standard InChI is InChI=1S/C23H28ClN3/c24-20-11-4-3-10-19(20)18-27-22-13-6-5-12-21(22)25-23(27)14-9-17-26-15-7-1-2-8-16-26/h3-6,10-13H,1-2,7-9,14-18H2. The number of imidazole rings is 1. The number of aromatic nitrogens is 2. The molecule has 4 heteroatoms. The number of benzene rings is 2. The lowest BCUT2D eigenvalue weighted by atomic mass is 10.2. The molecule has 0 radical (unpaired) electrons. The molecule has 3 aromatic rings. The molecule has 0 aliphatic carbocycles. The number of nitrogens with zero attached hydrogens (tertiary/aromatic N) is 3. The summed E-state index contributed by atoms with van der Waals surface area (Å²) < 4.78 is 2.35. The van der Waals surface area contributed by atoms with E-state index in [0.29, 0.717) is 0 Å². The lowest BCUT2D eigenvalue weighted by Gasteiger charge is -2.19. The van der Waals surface area contributed by atoms with Crippen LogP contribution in [-0.4, -0.2) is 34.1 Å². The number of para-hydroxylation sites is 2. The van der Waals surface area contributed by atoms with Gasteiger partial charge in [-0.2, -0.15) is 0 Å². The molecule has 2 aromatic carbocycles. The third-order valence-electron chi connectivity index (χ3n) is 5.59. The molecule has 1 saturated heterocycles. The summed E-state index contributed by atoms with van der Waals surface area (Å²) in [6.45, 7) is 4.47. The van der Waals surface area contributed by atoms with Gasteiger partial charge in [0.1, 0.15) is 5.82 Å². The molecular formula is C23H28ClN3. The topological polar surface area (TPSA) is 21.1 Å². The minimum Gasteiger partial charge on any atom is -0.323 e. The summed E-state index contributed by atoms with van der Waals surface area (Å²) in [5.74, 6) is 1.17. The summed E-state index contributed by atoms with van der Waals surface area (Å²) in [4.78, 5) is 7.57. The molecule has 0 unspecified atom stereocenters. The largest absolute Gasteiger partial charge is 0.323 e. The van der Waals surface area contributed by atoms with Crippen LogP contribution in [0, 0.1) is 0 Å². The van der Waals surface area contributed by atoms with Crippen LogP contribution in [0.25, 0.3) is 11.0 Å². The Morgan fingerprint density at radius 2 is 1.63 bits per heavy atom. The highest BCUT2D eigenvalue weighted by molar-refractivity contribution is 6.31. The van der Waals surface area contributed by atoms with E-state index in [1.165, 1.54) is 56.7 Å². The first-order valence-electron chi connectivity index (χ1n) is 10.2. The normalized spacial score (nSPS) is 15.9. The molecule has 0 spiro atoms. The molecule has 1 aromatic heterocycles. The maximum Gasteiger partial charge on any atom is 0.110 e. The monoisotopic (exact) mass is 381 g/mol. The third kappa shape index (κ3) is 4.53. The highest BCUT2D eigenvalue weighted by Crippen LogP contribution is 2.22. The Balaban J connectivity index is 1.52. The predicted molar refractivity (Wildman–Crippen MR) is 114 cm³/mol. The molecule has 3 nitrogen and oxygen atoms in total. The van der Waals surface area contributed by atoms with E-state index in [0.717, 1.165) is 35.5 Å². The van der Waals surface area contributed by atoms with E-state index < -0.39 is 0 Å². The summed E-state index contributed by atoms with van der Waals surface area (Å²) in [6, 6.07) is 16.5. The van der Waals surface area contributed by atoms with Crippen molar-refractivity contribution in [3.63, 3.8) is 0 Å². The second-order valence-electron chi connectivity index (χ2n) is 7.55. The summed E-state index contributed by atoms with van der Waals surface area (Å²) in [7, 11) is 0.